The van der Waals surface area contributed by atoms with Gasteiger partial charge in [-0.15, -0.1) is 0 Å². The first-order chi connectivity index (χ1) is 8.82. The lowest BCUT2D eigenvalue weighted by Crippen LogP contribution is -2.31. The number of hydrogen-bond donors (Lipinski definition) is 1. The number of methoxy groups -OCH3 is 1. The van der Waals surface area contributed by atoms with Crippen LogP contribution in [0.3, 0.4) is 0 Å². The predicted octanol–water partition coefficient (Wildman–Crippen LogP) is 1.04. The van der Waals surface area contributed by atoms with Crippen molar-refractivity contribution in [3.8, 4) is 5.75 Å². The Morgan fingerprint density at radius 2 is 2.05 bits per heavy atom. The van der Waals surface area contributed by atoms with Crippen LogP contribution in [0, 0.1) is 0 Å². The van der Waals surface area contributed by atoms with Crippen molar-refractivity contribution in [1.29, 1.82) is 0 Å². The van der Waals surface area contributed by atoms with Crippen LogP contribution in [0.25, 0.3) is 0 Å². The van der Waals surface area contributed by atoms with Crippen molar-refractivity contribution >= 4 is 10.0 Å². The van der Waals surface area contributed by atoms with Gasteiger partial charge < -0.3 is 10.5 Å². The number of nitrogens with two attached hydrogens (primary N) is 1. The highest BCUT2D eigenvalue weighted by Crippen LogP contribution is 2.27. The minimum atomic E-state index is -4.01. The van der Waals surface area contributed by atoms with Gasteiger partial charge in [-0.1, -0.05) is 6.07 Å². The van der Waals surface area contributed by atoms with Crippen LogP contribution in [-0.4, -0.2) is 39.9 Å². The second-order valence-electron chi connectivity index (χ2n) is 3.87. The second kappa shape index (κ2) is 6.27. The third kappa shape index (κ3) is 3.62. The van der Waals surface area contributed by atoms with Crippen molar-refractivity contribution in [3.05, 3.63) is 23.8 Å². The molecule has 0 radical (unpaired) electrons. The summed E-state index contributed by atoms with van der Waals surface area (Å²) in [5.74, 6) is 0.0871. The highest BCUT2D eigenvalue weighted by molar-refractivity contribution is 7.89. The predicted molar refractivity (Wildman–Crippen MR) is 66.7 cm³/mol. The van der Waals surface area contributed by atoms with Gasteiger partial charge in [-0.3, -0.25) is 0 Å². The van der Waals surface area contributed by atoms with Gasteiger partial charge in [0.25, 0.3) is 6.43 Å². The fourth-order valence-corrected chi connectivity index (χ4v) is 2.79. The van der Waals surface area contributed by atoms with E-state index in [-0.39, 0.29) is 17.2 Å². The van der Waals surface area contributed by atoms with Crippen molar-refractivity contribution in [3.63, 3.8) is 0 Å². The Balaban J connectivity index is 3.21. The van der Waals surface area contributed by atoms with Gasteiger partial charge in [-0.05, 0) is 17.7 Å². The SMILES string of the molecule is COc1cc(CN)ccc1S(=O)(=O)N(C)CC(F)F. The average Bonchev–Trinajstić information content (AvgIpc) is 2.36. The fourth-order valence-electron chi connectivity index (χ4n) is 1.51. The molecular weight excluding hydrogens is 278 g/mol. The molecule has 1 aromatic carbocycles. The van der Waals surface area contributed by atoms with Crippen molar-refractivity contribution in [2.75, 3.05) is 20.7 Å². The second-order valence-corrected chi connectivity index (χ2v) is 5.88. The van der Waals surface area contributed by atoms with Crippen LogP contribution in [0.15, 0.2) is 23.1 Å². The van der Waals surface area contributed by atoms with Crippen LogP contribution >= 0.6 is 0 Å². The Morgan fingerprint density at radius 3 is 2.53 bits per heavy atom. The lowest BCUT2D eigenvalue weighted by Gasteiger charge is -2.18. The summed E-state index contributed by atoms with van der Waals surface area (Å²) >= 11 is 0. The van der Waals surface area contributed by atoms with Gasteiger partial charge in [-0.2, -0.15) is 4.31 Å². The average molecular weight is 294 g/mol. The van der Waals surface area contributed by atoms with Crippen LogP contribution in [0.2, 0.25) is 0 Å². The molecule has 0 fully saturated rings. The molecule has 19 heavy (non-hydrogen) atoms. The first-order valence-corrected chi connectivity index (χ1v) is 6.88. The van der Waals surface area contributed by atoms with E-state index in [9.17, 15) is 17.2 Å². The molecule has 108 valence electrons. The summed E-state index contributed by atoms with van der Waals surface area (Å²) in [6, 6.07) is 4.30. The van der Waals surface area contributed by atoms with E-state index in [0.717, 1.165) is 7.05 Å². The monoisotopic (exact) mass is 294 g/mol. The van der Waals surface area contributed by atoms with E-state index in [0.29, 0.717) is 9.87 Å². The lowest BCUT2D eigenvalue weighted by atomic mass is 10.2. The molecule has 0 amide bonds. The molecule has 0 aliphatic carbocycles. The maximum absolute atomic E-state index is 12.3. The van der Waals surface area contributed by atoms with E-state index in [1.54, 1.807) is 0 Å². The topological polar surface area (TPSA) is 72.6 Å². The summed E-state index contributed by atoms with van der Waals surface area (Å²) < 4.78 is 54.4. The largest absolute Gasteiger partial charge is 0.495 e. The fraction of sp³-hybridized carbons (Fsp3) is 0.455. The quantitative estimate of drug-likeness (QED) is 0.851. The molecule has 5 nitrogen and oxygen atoms in total. The van der Waals surface area contributed by atoms with Gasteiger partial charge in [0, 0.05) is 13.6 Å². The minimum absolute atomic E-state index is 0.0871. The molecule has 0 saturated carbocycles. The number of hydrogen-bond acceptors (Lipinski definition) is 4. The zero-order valence-electron chi connectivity index (χ0n) is 10.6. The summed E-state index contributed by atoms with van der Waals surface area (Å²) in [5, 5.41) is 0. The van der Waals surface area contributed by atoms with Crippen LogP contribution in [-0.2, 0) is 16.6 Å². The molecule has 0 atom stereocenters. The van der Waals surface area contributed by atoms with Gasteiger partial charge in [-0.25, -0.2) is 17.2 Å². The van der Waals surface area contributed by atoms with Crippen molar-refractivity contribution in [2.24, 2.45) is 5.73 Å². The summed E-state index contributed by atoms with van der Waals surface area (Å²) in [6.45, 7) is -0.645. The Labute approximate surface area is 111 Å². The summed E-state index contributed by atoms with van der Waals surface area (Å²) in [5.41, 5.74) is 6.13. The van der Waals surface area contributed by atoms with Crippen molar-refractivity contribution in [1.82, 2.24) is 4.31 Å². The Kier molecular flexibility index (Phi) is 5.21. The lowest BCUT2D eigenvalue weighted by molar-refractivity contribution is 0.126. The molecule has 0 unspecified atom stereocenters. The van der Waals surface area contributed by atoms with Crippen molar-refractivity contribution in [2.45, 2.75) is 17.9 Å². The normalized spacial score (nSPS) is 12.2. The van der Waals surface area contributed by atoms with E-state index < -0.39 is 23.0 Å². The molecule has 0 aliphatic heterocycles. The number of halogens is 2. The maximum Gasteiger partial charge on any atom is 0.252 e. The third-order valence-electron chi connectivity index (χ3n) is 2.55. The maximum atomic E-state index is 12.3. The number of benzene rings is 1. The highest BCUT2D eigenvalue weighted by Gasteiger charge is 2.26. The van der Waals surface area contributed by atoms with E-state index in [4.69, 9.17) is 10.5 Å². The highest BCUT2D eigenvalue weighted by atomic mass is 32.2. The van der Waals surface area contributed by atoms with Gasteiger partial charge in [0.2, 0.25) is 10.0 Å². The Morgan fingerprint density at radius 1 is 1.42 bits per heavy atom. The molecule has 1 rings (SSSR count). The van der Waals surface area contributed by atoms with Crippen LogP contribution in [0.5, 0.6) is 5.75 Å². The number of alkyl halides is 2. The molecule has 1 aromatic rings. The van der Waals surface area contributed by atoms with Gasteiger partial charge >= 0.3 is 0 Å². The van der Waals surface area contributed by atoms with Crippen molar-refractivity contribution < 1.29 is 21.9 Å². The first-order valence-electron chi connectivity index (χ1n) is 5.44. The van der Waals surface area contributed by atoms with Gasteiger partial charge in [0.15, 0.2) is 0 Å². The van der Waals surface area contributed by atoms with Gasteiger partial charge in [0.05, 0.1) is 13.7 Å². The van der Waals surface area contributed by atoms with Crippen LogP contribution in [0.1, 0.15) is 5.56 Å². The van der Waals surface area contributed by atoms with E-state index >= 15 is 0 Å². The minimum Gasteiger partial charge on any atom is -0.495 e. The Hall–Kier alpha value is -1.25. The smallest absolute Gasteiger partial charge is 0.252 e. The van der Waals surface area contributed by atoms with E-state index in [1.807, 2.05) is 0 Å². The molecule has 2 N–H and O–H groups in total. The van der Waals surface area contributed by atoms with E-state index in [1.165, 1.54) is 25.3 Å². The number of nitrogens with zero attached hydrogens (tertiary/aromatic N) is 1. The number of ether oxygens (including phenoxy) is 1. The first kappa shape index (κ1) is 15.8. The Bertz CT molecular complexity index is 535. The standard InChI is InChI=1S/C11H16F2N2O3S/c1-15(7-11(12)13)19(16,17)10-4-3-8(6-14)5-9(10)18-2/h3-5,11H,6-7,14H2,1-2H3. The number of rotatable bonds is 6. The molecular formula is C11H16F2N2O3S. The summed E-state index contributed by atoms with van der Waals surface area (Å²) in [7, 11) is -1.61. The molecule has 0 saturated heterocycles. The number of sulfonamides is 1. The molecule has 8 heteroatoms. The summed E-state index contributed by atoms with van der Waals surface area (Å²) in [6.07, 6.45) is -2.74. The molecule has 0 heterocycles. The molecule has 0 aliphatic rings. The van der Waals surface area contributed by atoms with Gasteiger partial charge in [0.1, 0.15) is 10.6 Å². The molecule has 0 bridgehead atoms. The molecule has 0 aromatic heterocycles. The van der Waals surface area contributed by atoms with Crippen LogP contribution in [0.4, 0.5) is 8.78 Å². The van der Waals surface area contributed by atoms with Crippen LogP contribution < -0.4 is 10.5 Å². The zero-order valence-corrected chi connectivity index (χ0v) is 11.5. The van der Waals surface area contributed by atoms with E-state index in [2.05, 4.69) is 0 Å². The molecule has 0 spiro atoms. The summed E-state index contributed by atoms with van der Waals surface area (Å²) in [4.78, 5) is -0.157. The zero-order chi connectivity index (χ0) is 14.6. The third-order valence-corrected chi connectivity index (χ3v) is 4.41.